The normalized spacial score (nSPS) is 16.8. The number of imide groups is 1. The summed E-state index contributed by atoms with van der Waals surface area (Å²) in [6.07, 6.45) is 2.48. The molecule has 2 unspecified atom stereocenters. The number of nitrogens with zero attached hydrogens (tertiary/aromatic N) is 1. The second kappa shape index (κ2) is 9.65. The molecule has 166 valence electrons. The Kier molecular flexibility index (Phi) is 6.28. The Morgan fingerprint density at radius 2 is 1.67 bits per heavy atom. The lowest BCUT2D eigenvalue weighted by atomic mass is 10.0. The number of rotatable bonds is 8. The molecule has 0 saturated carbocycles. The Morgan fingerprint density at radius 3 is 2.39 bits per heavy atom. The highest BCUT2D eigenvalue weighted by Gasteiger charge is 2.32. The maximum Gasteiger partial charge on any atom is 0.286 e. The topological polar surface area (TPSA) is 60.3 Å². The van der Waals surface area contributed by atoms with Gasteiger partial charge in [0.1, 0.15) is 6.10 Å². The Labute approximate surface area is 196 Å². The number of nitrogens with one attached hydrogen (secondary N) is 1. The van der Waals surface area contributed by atoms with Crippen molar-refractivity contribution < 1.29 is 14.3 Å². The fourth-order valence-electron chi connectivity index (χ4n) is 4.22. The summed E-state index contributed by atoms with van der Waals surface area (Å²) in [6, 6.07) is 28.7. The summed E-state index contributed by atoms with van der Waals surface area (Å²) in [7, 11) is 0. The molecule has 1 N–H and O–H groups in total. The van der Waals surface area contributed by atoms with Gasteiger partial charge in [-0.15, -0.1) is 0 Å². The fourth-order valence-corrected chi connectivity index (χ4v) is 5.07. The largest absolute Gasteiger partial charge is 0.367 e. The molecule has 2 heterocycles. The van der Waals surface area contributed by atoms with Crippen molar-refractivity contribution in [2.75, 3.05) is 0 Å². The zero-order chi connectivity index (χ0) is 22.6. The molecule has 1 aromatic heterocycles. The number of aromatic nitrogens is 1. The average Bonchev–Trinajstić information content (AvgIpc) is 3.40. The van der Waals surface area contributed by atoms with Gasteiger partial charge in [0.05, 0.1) is 18.4 Å². The lowest BCUT2D eigenvalue weighted by Gasteiger charge is -2.20. The van der Waals surface area contributed by atoms with Gasteiger partial charge >= 0.3 is 0 Å². The monoisotopic (exact) mass is 456 g/mol. The minimum atomic E-state index is -0.377. The number of amides is 2. The summed E-state index contributed by atoms with van der Waals surface area (Å²) < 4.78 is 8.59. The summed E-state index contributed by atoms with van der Waals surface area (Å²) in [4.78, 5) is 23.6. The standard InChI is InChI=1S/C27H24N2O3S/c30-26-25(33-27(31)28-26)16-21-12-7-13-23-22(21)14-15-29(23)17-24(20-10-5-2-6-11-20)32-18-19-8-3-1-4-9-19/h1-15,24-25H,16-18H2,(H,28,30,31). The highest BCUT2D eigenvalue weighted by atomic mass is 32.2. The highest BCUT2D eigenvalue weighted by molar-refractivity contribution is 8.15. The van der Waals surface area contributed by atoms with Crippen LogP contribution in [0.15, 0.2) is 91.1 Å². The molecule has 5 nitrogen and oxygen atoms in total. The van der Waals surface area contributed by atoms with E-state index in [1.165, 1.54) is 0 Å². The lowest BCUT2D eigenvalue weighted by molar-refractivity contribution is -0.118. The van der Waals surface area contributed by atoms with Crippen molar-refractivity contribution in [3.63, 3.8) is 0 Å². The van der Waals surface area contributed by atoms with Crippen LogP contribution in [0.1, 0.15) is 22.8 Å². The van der Waals surface area contributed by atoms with Crippen molar-refractivity contribution >= 4 is 33.8 Å². The van der Waals surface area contributed by atoms with Crippen LogP contribution in [0.4, 0.5) is 4.79 Å². The molecule has 1 aliphatic rings. The molecule has 2 amide bonds. The average molecular weight is 457 g/mol. The smallest absolute Gasteiger partial charge is 0.286 e. The second-order valence-corrected chi connectivity index (χ2v) is 9.28. The lowest BCUT2D eigenvalue weighted by Crippen LogP contribution is -2.25. The first kappa shape index (κ1) is 21.5. The molecule has 1 saturated heterocycles. The van der Waals surface area contributed by atoms with Gasteiger partial charge in [0, 0.05) is 17.1 Å². The van der Waals surface area contributed by atoms with Crippen molar-refractivity contribution in [2.24, 2.45) is 0 Å². The number of carbonyl (C=O) groups is 2. The third-order valence-corrected chi connectivity index (χ3v) is 6.89. The van der Waals surface area contributed by atoms with Gasteiger partial charge in [-0.2, -0.15) is 0 Å². The van der Waals surface area contributed by atoms with E-state index in [9.17, 15) is 9.59 Å². The van der Waals surface area contributed by atoms with Crippen LogP contribution in [0.3, 0.4) is 0 Å². The van der Waals surface area contributed by atoms with Crippen LogP contribution in [-0.4, -0.2) is 21.0 Å². The zero-order valence-electron chi connectivity index (χ0n) is 18.0. The molecule has 33 heavy (non-hydrogen) atoms. The van der Waals surface area contributed by atoms with Crippen LogP contribution >= 0.6 is 11.8 Å². The van der Waals surface area contributed by atoms with E-state index in [1.807, 2.05) is 48.5 Å². The van der Waals surface area contributed by atoms with Gasteiger partial charge in [-0.3, -0.25) is 14.9 Å². The van der Waals surface area contributed by atoms with Crippen molar-refractivity contribution in [1.82, 2.24) is 9.88 Å². The van der Waals surface area contributed by atoms with Crippen LogP contribution in [0.5, 0.6) is 0 Å². The summed E-state index contributed by atoms with van der Waals surface area (Å²) in [5.74, 6) is -0.208. The number of ether oxygens (including phenoxy) is 1. The minimum absolute atomic E-state index is 0.112. The van der Waals surface area contributed by atoms with E-state index < -0.39 is 0 Å². The molecule has 0 radical (unpaired) electrons. The highest BCUT2D eigenvalue weighted by Crippen LogP contribution is 2.29. The first-order valence-electron chi connectivity index (χ1n) is 11.0. The molecule has 2 atom stereocenters. The van der Waals surface area contributed by atoms with Gasteiger partial charge < -0.3 is 9.30 Å². The van der Waals surface area contributed by atoms with E-state index >= 15 is 0 Å². The second-order valence-electron chi connectivity index (χ2n) is 8.10. The third kappa shape index (κ3) is 4.87. The van der Waals surface area contributed by atoms with Crippen molar-refractivity contribution in [3.05, 3.63) is 108 Å². The SMILES string of the molecule is O=C1NC(=O)C(Cc2cccc3c2ccn3CC(OCc2ccccc2)c2ccccc2)S1. The first-order chi connectivity index (χ1) is 16.2. The van der Waals surface area contributed by atoms with Gasteiger partial charge in [0.25, 0.3) is 5.24 Å². The molecule has 1 fully saturated rings. The Balaban J connectivity index is 1.39. The Hall–Kier alpha value is -3.35. The van der Waals surface area contributed by atoms with Crippen LogP contribution in [0, 0.1) is 0 Å². The van der Waals surface area contributed by atoms with E-state index in [0.29, 0.717) is 19.6 Å². The van der Waals surface area contributed by atoms with Crippen LogP contribution in [0.2, 0.25) is 0 Å². The van der Waals surface area contributed by atoms with Gasteiger partial charge in [-0.25, -0.2) is 0 Å². The van der Waals surface area contributed by atoms with Gasteiger partial charge in [0.15, 0.2) is 0 Å². The molecule has 4 aromatic rings. The van der Waals surface area contributed by atoms with E-state index in [4.69, 9.17) is 4.74 Å². The van der Waals surface area contributed by atoms with Gasteiger partial charge in [-0.05, 0) is 35.2 Å². The van der Waals surface area contributed by atoms with Crippen molar-refractivity contribution in [3.8, 4) is 0 Å². The summed E-state index contributed by atoms with van der Waals surface area (Å²) >= 11 is 1.07. The predicted octanol–water partition coefficient (Wildman–Crippen LogP) is 5.49. The Morgan fingerprint density at radius 1 is 0.909 bits per heavy atom. The van der Waals surface area contributed by atoms with Crippen LogP contribution in [-0.2, 0) is 29.1 Å². The Bertz CT molecular complexity index is 1270. The fraction of sp³-hybridized carbons (Fsp3) is 0.185. The van der Waals surface area contributed by atoms with Crippen molar-refractivity contribution in [2.45, 2.75) is 30.9 Å². The minimum Gasteiger partial charge on any atom is -0.367 e. The molecular formula is C27H24N2O3S. The summed E-state index contributed by atoms with van der Waals surface area (Å²) in [5, 5.41) is 2.83. The number of hydrogen-bond donors (Lipinski definition) is 1. The first-order valence-corrected chi connectivity index (χ1v) is 11.8. The molecule has 0 aliphatic carbocycles. The van der Waals surface area contributed by atoms with Gasteiger partial charge in [0.2, 0.25) is 5.91 Å². The number of thioether (sulfide) groups is 1. The molecular weight excluding hydrogens is 432 g/mol. The third-order valence-electron chi connectivity index (χ3n) is 5.90. The van der Waals surface area contributed by atoms with E-state index in [2.05, 4.69) is 52.5 Å². The number of fused-ring (bicyclic) bond motifs is 1. The van der Waals surface area contributed by atoms with Crippen LogP contribution < -0.4 is 5.32 Å². The summed E-state index contributed by atoms with van der Waals surface area (Å²) in [6.45, 7) is 1.20. The molecule has 0 spiro atoms. The van der Waals surface area contributed by atoms with E-state index in [-0.39, 0.29) is 22.5 Å². The zero-order valence-corrected chi connectivity index (χ0v) is 18.8. The molecule has 6 heteroatoms. The van der Waals surface area contributed by atoms with Gasteiger partial charge in [-0.1, -0.05) is 84.6 Å². The number of hydrogen-bond acceptors (Lipinski definition) is 4. The molecule has 0 bridgehead atoms. The quantitative estimate of drug-likeness (QED) is 0.381. The summed E-state index contributed by atoms with van der Waals surface area (Å²) in [5.41, 5.74) is 4.42. The maximum atomic E-state index is 12.0. The van der Waals surface area contributed by atoms with Crippen molar-refractivity contribution in [1.29, 1.82) is 0 Å². The number of benzene rings is 3. The predicted molar refractivity (Wildman–Crippen MR) is 131 cm³/mol. The number of carbonyl (C=O) groups excluding carboxylic acids is 2. The molecule has 5 rings (SSSR count). The van der Waals surface area contributed by atoms with Crippen LogP contribution in [0.25, 0.3) is 10.9 Å². The van der Waals surface area contributed by atoms with E-state index in [1.54, 1.807) is 0 Å². The molecule has 1 aliphatic heterocycles. The maximum absolute atomic E-state index is 12.0. The molecule has 3 aromatic carbocycles. The van der Waals surface area contributed by atoms with E-state index in [0.717, 1.165) is 39.4 Å².